The molecular formula is C17H24N4O. The zero-order chi connectivity index (χ0) is 15.9. The van der Waals surface area contributed by atoms with Crippen molar-refractivity contribution in [3.8, 4) is 0 Å². The van der Waals surface area contributed by atoms with Crippen LogP contribution >= 0.6 is 0 Å². The van der Waals surface area contributed by atoms with E-state index < -0.39 is 0 Å². The van der Waals surface area contributed by atoms with Crippen LogP contribution in [0.15, 0.2) is 36.9 Å². The average Bonchev–Trinajstić information content (AvgIpc) is 2.98. The first-order valence-electron chi connectivity index (χ1n) is 7.81. The molecule has 0 radical (unpaired) electrons. The van der Waals surface area contributed by atoms with Crippen molar-refractivity contribution in [2.75, 3.05) is 0 Å². The van der Waals surface area contributed by atoms with E-state index in [-0.39, 0.29) is 11.9 Å². The predicted molar refractivity (Wildman–Crippen MR) is 86.2 cm³/mol. The van der Waals surface area contributed by atoms with Gasteiger partial charge in [0, 0.05) is 44.2 Å². The van der Waals surface area contributed by atoms with Crippen LogP contribution in [0.5, 0.6) is 0 Å². The normalized spacial score (nSPS) is 12.4. The third-order valence-corrected chi connectivity index (χ3v) is 3.72. The summed E-state index contributed by atoms with van der Waals surface area (Å²) in [4.78, 5) is 20.7. The fourth-order valence-electron chi connectivity index (χ4n) is 2.52. The molecule has 0 aromatic carbocycles. The monoisotopic (exact) mass is 300 g/mol. The first kappa shape index (κ1) is 16.2. The van der Waals surface area contributed by atoms with Gasteiger partial charge in [-0.3, -0.25) is 9.78 Å². The van der Waals surface area contributed by atoms with Crippen molar-refractivity contribution in [3.63, 3.8) is 0 Å². The lowest BCUT2D eigenvalue weighted by atomic mass is 9.97. The van der Waals surface area contributed by atoms with Crippen molar-refractivity contribution in [1.82, 2.24) is 19.9 Å². The molecule has 0 aliphatic rings. The SMILES string of the molecule is CCc1nccn1CCC(=O)NC(c1cccnc1)C(C)C. The number of hydrogen-bond acceptors (Lipinski definition) is 3. The Labute approximate surface area is 131 Å². The summed E-state index contributed by atoms with van der Waals surface area (Å²) in [7, 11) is 0. The third-order valence-electron chi connectivity index (χ3n) is 3.72. The van der Waals surface area contributed by atoms with Crippen LogP contribution in [0.1, 0.15) is 44.6 Å². The van der Waals surface area contributed by atoms with Crippen molar-refractivity contribution in [3.05, 3.63) is 48.3 Å². The average molecular weight is 300 g/mol. The molecule has 0 saturated heterocycles. The summed E-state index contributed by atoms with van der Waals surface area (Å²) in [5.74, 6) is 1.38. The summed E-state index contributed by atoms with van der Waals surface area (Å²) in [5, 5.41) is 3.12. The lowest BCUT2D eigenvalue weighted by molar-refractivity contribution is -0.122. The Morgan fingerprint density at radius 2 is 2.18 bits per heavy atom. The highest BCUT2D eigenvalue weighted by molar-refractivity contribution is 5.76. The van der Waals surface area contributed by atoms with Crippen molar-refractivity contribution in [1.29, 1.82) is 0 Å². The number of aromatic nitrogens is 3. The standard InChI is InChI=1S/C17H24N4O/c1-4-15-19-9-11-21(15)10-7-16(22)20-17(13(2)3)14-6-5-8-18-12-14/h5-6,8-9,11-13,17H,4,7,10H2,1-3H3,(H,20,22). The summed E-state index contributed by atoms with van der Waals surface area (Å²) in [6.07, 6.45) is 8.59. The molecule has 0 saturated carbocycles. The lowest BCUT2D eigenvalue weighted by Gasteiger charge is -2.22. The number of hydrogen-bond donors (Lipinski definition) is 1. The van der Waals surface area contributed by atoms with Gasteiger partial charge in [0.15, 0.2) is 0 Å². The van der Waals surface area contributed by atoms with Crippen LogP contribution < -0.4 is 5.32 Å². The maximum Gasteiger partial charge on any atom is 0.222 e. The van der Waals surface area contributed by atoms with Gasteiger partial charge in [0.2, 0.25) is 5.91 Å². The number of nitrogens with zero attached hydrogens (tertiary/aromatic N) is 3. The maximum absolute atomic E-state index is 12.3. The molecule has 0 spiro atoms. The quantitative estimate of drug-likeness (QED) is 0.855. The van der Waals surface area contributed by atoms with Gasteiger partial charge >= 0.3 is 0 Å². The van der Waals surface area contributed by atoms with E-state index in [0.717, 1.165) is 17.8 Å². The van der Waals surface area contributed by atoms with Crippen LogP contribution in [0.4, 0.5) is 0 Å². The highest BCUT2D eigenvalue weighted by atomic mass is 16.1. The molecule has 2 heterocycles. The number of pyridine rings is 1. The largest absolute Gasteiger partial charge is 0.349 e. The first-order valence-corrected chi connectivity index (χ1v) is 7.81. The molecule has 0 aliphatic heterocycles. The molecule has 5 heteroatoms. The van der Waals surface area contributed by atoms with E-state index in [4.69, 9.17) is 0 Å². The Morgan fingerprint density at radius 1 is 1.36 bits per heavy atom. The fourth-order valence-corrected chi connectivity index (χ4v) is 2.52. The van der Waals surface area contributed by atoms with Gasteiger partial charge in [-0.25, -0.2) is 4.98 Å². The molecule has 2 aromatic heterocycles. The summed E-state index contributed by atoms with van der Waals surface area (Å²) in [6.45, 7) is 6.93. The smallest absolute Gasteiger partial charge is 0.222 e. The molecule has 118 valence electrons. The lowest BCUT2D eigenvalue weighted by Crippen LogP contribution is -2.32. The van der Waals surface area contributed by atoms with Gasteiger partial charge in [-0.15, -0.1) is 0 Å². The molecule has 0 bridgehead atoms. The van der Waals surface area contributed by atoms with Gasteiger partial charge in [-0.2, -0.15) is 0 Å². The Kier molecular flexibility index (Phi) is 5.69. The van der Waals surface area contributed by atoms with E-state index in [1.54, 1.807) is 12.4 Å². The number of imidazole rings is 1. The molecule has 0 fully saturated rings. The highest BCUT2D eigenvalue weighted by Crippen LogP contribution is 2.20. The minimum Gasteiger partial charge on any atom is -0.349 e. The van der Waals surface area contributed by atoms with Gasteiger partial charge in [-0.05, 0) is 17.5 Å². The van der Waals surface area contributed by atoms with E-state index in [1.807, 2.05) is 29.1 Å². The van der Waals surface area contributed by atoms with Crippen LogP contribution in [0, 0.1) is 5.92 Å². The molecule has 2 rings (SSSR count). The van der Waals surface area contributed by atoms with Crippen molar-refractivity contribution in [2.45, 2.75) is 46.2 Å². The summed E-state index contributed by atoms with van der Waals surface area (Å²) < 4.78 is 2.04. The predicted octanol–water partition coefficient (Wildman–Crippen LogP) is 2.74. The Hall–Kier alpha value is -2.17. The third kappa shape index (κ3) is 4.16. The topological polar surface area (TPSA) is 59.8 Å². The van der Waals surface area contributed by atoms with Crippen molar-refractivity contribution in [2.24, 2.45) is 5.92 Å². The first-order chi connectivity index (χ1) is 10.6. The molecule has 1 atom stereocenters. The number of aryl methyl sites for hydroxylation is 2. The van der Waals surface area contributed by atoms with Crippen molar-refractivity contribution >= 4 is 5.91 Å². The molecule has 1 unspecified atom stereocenters. The van der Waals surface area contributed by atoms with Crippen molar-refractivity contribution < 1.29 is 4.79 Å². The van der Waals surface area contributed by atoms with Gasteiger partial charge in [0.25, 0.3) is 0 Å². The van der Waals surface area contributed by atoms with Crippen LogP contribution in [-0.2, 0) is 17.8 Å². The van der Waals surface area contributed by atoms with E-state index in [2.05, 4.69) is 36.1 Å². The number of amides is 1. The second-order valence-electron chi connectivity index (χ2n) is 5.72. The fraction of sp³-hybridized carbons (Fsp3) is 0.471. The van der Waals surface area contributed by atoms with Crippen LogP contribution in [0.3, 0.4) is 0 Å². The van der Waals surface area contributed by atoms with Crippen LogP contribution in [0.25, 0.3) is 0 Å². The minimum absolute atomic E-state index is 0.00497. The summed E-state index contributed by atoms with van der Waals surface area (Å²) in [6, 6.07) is 3.90. The molecular weight excluding hydrogens is 276 g/mol. The zero-order valence-electron chi connectivity index (χ0n) is 13.5. The Morgan fingerprint density at radius 3 is 2.82 bits per heavy atom. The Balaban J connectivity index is 1.95. The molecule has 2 aromatic rings. The number of rotatable bonds is 7. The van der Waals surface area contributed by atoms with E-state index in [9.17, 15) is 4.79 Å². The molecule has 5 nitrogen and oxygen atoms in total. The minimum atomic E-state index is -0.00497. The van der Waals surface area contributed by atoms with Gasteiger partial charge in [-0.1, -0.05) is 26.8 Å². The number of carbonyl (C=O) groups excluding carboxylic acids is 1. The molecule has 1 amide bonds. The molecule has 0 aliphatic carbocycles. The summed E-state index contributed by atoms with van der Waals surface area (Å²) in [5.41, 5.74) is 1.04. The molecule has 1 N–H and O–H groups in total. The second-order valence-corrected chi connectivity index (χ2v) is 5.72. The van der Waals surface area contributed by atoms with E-state index in [1.165, 1.54) is 0 Å². The Bertz CT molecular complexity index is 592. The molecule has 22 heavy (non-hydrogen) atoms. The maximum atomic E-state index is 12.3. The van der Waals surface area contributed by atoms with E-state index >= 15 is 0 Å². The van der Waals surface area contributed by atoms with Gasteiger partial charge in [0.1, 0.15) is 5.82 Å². The van der Waals surface area contributed by atoms with Crippen LogP contribution in [-0.4, -0.2) is 20.4 Å². The number of carbonyl (C=O) groups is 1. The zero-order valence-corrected chi connectivity index (χ0v) is 13.5. The highest BCUT2D eigenvalue weighted by Gasteiger charge is 2.18. The van der Waals surface area contributed by atoms with E-state index in [0.29, 0.717) is 18.9 Å². The van der Waals surface area contributed by atoms with Gasteiger partial charge < -0.3 is 9.88 Å². The number of nitrogens with one attached hydrogen (secondary N) is 1. The van der Waals surface area contributed by atoms with Gasteiger partial charge in [0.05, 0.1) is 6.04 Å². The summed E-state index contributed by atoms with van der Waals surface area (Å²) >= 11 is 0. The van der Waals surface area contributed by atoms with Crippen LogP contribution in [0.2, 0.25) is 0 Å². The second kappa shape index (κ2) is 7.73.